The Morgan fingerprint density at radius 1 is 1.17 bits per heavy atom. The maximum absolute atomic E-state index is 12.5. The van der Waals surface area contributed by atoms with E-state index in [4.69, 9.17) is 17.3 Å². The second kappa shape index (κ2) is 8.21. The number of rotatable bonds is 4. The first-order valence-electron chi connectivity index (χ1n) is 9.18. The lowest BCUT2D eigenvalue weighted by Crippen LogP contribution is -2.44. The van der Waals surface area contributed by atoms with Gasteiger partial charge in [-0.15, -0.1) is 0 Å². The summed E-state index contributed by atoms with van der Waals surface area (Å²) in [7, 11) is 0. The van der Waals surface area contributed by atoms with Crippen molar-refractivity contribution < 1.29 is 4.79 Å². The Hall–Kier alpha value is -1.26. The molecular weight excluding hydrogens is 322 g/mol. The molecule has 2 aliphatic rings. The van der Waals surface area contributed by atoms with Gasteiger partial charge in [0.05, 0.1) is 10.7 Å². The fourth-order valence-corrected chi connectivity index (χ4v) is 3.99. The molecule has 3 N–H and O–H groups in total. The molecule has 1 heterocycles. The molecule has 1 aromatic rings. The van der Waals surface area contributed by atoms with Crippen molar-refractivity contribution in [2.75, 3.05) is 18.8 Å². The third kappa shape index (κ3) is 4.64. The van der Waals surface area contributed by atoms with Crippen LogP contribution in [0.4, 0.5) is 5.69 Å². The average Bonchev–Trinajstić information content (AvgIpc) is 2.60. The van der Waals surface area contributed by atoms with Gasteiger partial charge in [-0.25, -0.2) is 0 Å². The molecule has 1 aliphatic heterocycles. The first kappa shape index (κ1) is 17.6. The van der Waals surface area contributed by atoms with Crippen molar-refractivity contribution in [1.29, 1.82) is 0 Å². The van der Waals surface area contributed by atoms with Gasteiger partial charge in [0.2, 0.25) is 5.91 Å². The summed E-state index contributed by atoms with van der Waals surface area (Å²) in [6, 6.07) is 6.25. The highest BCUT2D eigenvalue weighted by molar-refractivity contribution is 6.33. The van der Waals surface area contributed by atoms with E-state index in [0.29, 0.717) is 16.8 Å². The standard InChI is InChI=1S/C19H28ClN3O/c20-17-7-6-14(12-18(17)21)13-23-10-8-15(9-11-23)19(24)22-16-4-2-1-3-5-16/h6-7,12,15-16H,1-5,8-11,13,21H2,(H,22,24). The van der Waals surface area contributed by atoms with Crippen molar-refractivity contribution in [2.45, 2.75) is 57.5 Å². The smallest absolute Gasteiger partial charge is 0.223 e. The van der Waals surface area contributed by atoms with Crippen LogP contribution < -0.4 is 11.1 Å². The first-order valence-corrected chi connectivity index (χ1v) is 9.56. The minimum absolute atomic E-state index is 0.179. The van der Waals surface area contributed by atoms with Gasteiger partial charge in [-0.3, -0.25) is 9.69 Å². The summed E-state index contributed by atoms with van der Waals surface area (Å²) in [6.07, 6.45) is 8.04. The Balaban J connectivity index is 1.44. The van der Waals surface area contributed by atoms with Gasteiger partial charge in [0.1, 0.15) is 0 Å². The van der Waals surface area contributed by atoms with Crippen LogP contribution in [0.25, 0.3) is 0 Å². The molecular formula is C19H28ClN3O. The number of hydrogen-bond donors (Lipinski definition) is 2. The molecule has 0 spiro atoms. The van der Waals surface area contributed by atoms with Gasteiger partial charge < -0.3 is 11.1 Å². The van der Waals surface area contributed by atoms with Crippen molar-refractivity contribution in [3.05, 3.63) is 28.8 Å². The minimum Gasteiger partial charge on any atom is -0.398 e. The fourth-order valence-electron chi connectivity index (χ4n) is 3.87. The zero-order valence-corrected chi connectivity index (χ0v) is 15.0. The predicted molar refractivity (Wildman–Crippen MR) is 98.9 cm³/mol. The number of nitrogen functional groups attached to an aromatic ring is 1. The van der Waals surface area contributed by atoms with E-state index in [1.54, 1.807) is 0 Å². The quantitative estimate of drug-likeness (QED) is 0.817. The molecule has 1 saturated heterocycles. The highest BCUT2D eigenvalue weighted by atomic mass is 35.5. The van der Waals surface area contributed by atoms with Crippen molar-refractivity contribution in [3.8, 4) is 0 Å². The third-order valence-corrected chi connectivity index (χ3v) is 5.72. The number of amides is 1. The van der Waals surface area contributed by atoms with Crippen LogP contribution in [0.5, 0.6) is 0 Å². The number of nitrogens with zero attached hydrogens (tertiary/aromatic N) is 1. The molecule has 5 heteroatoms. The third-order valence-electron chi connectivity index (χ3n) is 5.38. The molecule has 0 bridgehead atoms. The van der Waals surface area contributed by atoms with Gasteiger partial charge in [-0.1, -0.05) is 36.9 Å². The van der Waals surface area contributed by atoms with Gasteiger partial charge in [-0.05, 0) is 56.5 Å². The Morgan fingerprint density at radius 3 is 2.54 bits per heavy atom. The van der Waals surface area contributed by atoms with Crippen LogP contribution in [-0.2, 0) is 11.3 Å². The van der Waals surface area contributed by atoms with E-state index >= 15 is 0 Å². The predicted octanol–water partition coefficient (Wildman–Crippen LogP) is 3.58. The minimum atomic E-state index is 0.179. The Bertz CT molecular complexity index is 564. The van der Waals surface area contributed by atoms with Crippen LogP contribution in [0.15, 0.2) is 18.2 Å². The highest BCUT2D eigenvalue weighted by Crippen LogP contribution is 2.24. The van der Waals surface area contributed by atoms with E-state index in [1.165, 1.54) is 24.8 Å². The lowest BCUT2D eigenvalue weighted by atomic mass is 9.92. The van der Waals surface area contributed by atoms with Crippen LogP contribution in [0.2, 0.25) is 5.02 Å². The van der Waals surface area contributed by atoms with Crippen molar-refractivity contribution in [1.82, 2.24) is 10.2 Å². The normalized spacial score (nSPS) is 20.9. The van der Waals surface area contributed by atoms with Crippen LogP contribution in [0, 0.1) is 5.92 Å². The summed E-state index contributed by atoms with van der Waals surface area (Å²) >= 11 is 5.97. The molecule has 0 unspecified atom stereocenters. The maximum Gasteiger partial charge on any atom is 0.223 e. The molecule has 1 saturated carbocycles. The molecule has 132 valence electrons. The zero-order chi connectivity index (χ0) is 16.9. The Morgan fingerprint density at radius 2 is 1.88 bits per heavy atom. The summed E-state index contributed by atoms with van der Waals surface area (Å²) in [4.78, 5) is 14.8. The van der Waals surface area contributed by atoms with Crippen LogP contribution in [0.3, 0.4) is 0 Å². The summed E-state index contributed by atoms with van der Waals surface area (Å²) in [5, 5.41) is 3.89. The molecule has 1 aliphatic carbocycles. The SMILES string of the molecule is Nc1cc(CN2CCC(C(=O)NC3CCCCC3)CC2)ccc1Cl. The van der Waals surface area contributed by atoms with E-state index in [9.17, 15) is 4.79 Å². The number of carbonyl (C=O) groups excluding carboxylic acids is 1. The molecule has 2 fully saturated rings. The Labute approximate surface area is 149 Å². The molecule has 24 heavy (non-hydrogen) atoms. The van der Waals surface area contributed by atoms with Crippen molar-refractivity contribution in [2.24, 2.45) is 5.92 Å². The largest absolute Gasteiger partial charge is 0.398 e. The lowest BCUT2D eigenvalue weighted by Gasteiger charge is -2.32. The maximum atomic E-state index is 12.5. The topological polar surface area (TPSA) is 58.4 Å². The van der Waals surface area contributed by atoms with Crippen LogP contribution in [-0.4, -0.2) is 29.9 Å². The second-order valence-corrected chi connectivity index (χ2v) is 7.66. The van der Waals surface area contributed by atoms with Gasteiger partial charge in [0.25, 0.3) is 0 Å². The molecule has 1 amide bonds. The van der Waals surface area contributed by atoms with E-state index < -0.39 is 0 Å². The summed E-state index contributed by atoms with van der Waals surface area (Å²) in [6.45, 7) is 2.80. The molecule has 0 radical (unpaired) electrons. The number of likely N-dealkylation sites (tertiary alicyclic amines) is 1. The van der Waals surface area contributed by atoms with Gasteiger partial charge in [0, 0.05) is 18.5 Å². The second-order valence-electron chi connectivity index (χ2n) is 7.25. The monoisotopic (exact) mass is 349 g/mol. The summed E-state index contributed by atoms with van der Waals surface area (Å²) in [5.41, 5.74) is 7.69. The van der Waals surface area contributed by atoms with Gasteiger partial charge in [-0.2, -0.15) is 0 Å². The number of carbonyl (C=O) groups is 1. The van der Waals surface area contributed by atoms with E-state index in [2.05, 4.69) is 10.2 Å². The number of anilines is 1. The number of nitrogens with one attached hydrogen (secondary N) is 1. The van der Waals surface area contributed by atoms with E-state index in [0.717, 1.165) is 45.3 Å². The zero-order valence-electron chi connectivity index (χ0n) is 14.3. The van der Waals surface area contributed by atoms with Gasteiger partial charge in [0.15, 0.2) is 0 Å². The molecule has 3 rings (SSSR count). The molecule has 0 atom stereocenters. The summed E-state index contributed by atoms with van der Waals surface area (Å²) in [5.74, 6) is 0.454. The Kier molecular flexibility index (Phi) is 6.01. The lowest BCUT2D eigenvalue weighted by molar-refractivity contribution is -0.127. The molecule has 0 aromatic heterocycles. The number of benzene rings is 1. The van der Waals surface area contributed by atoms with Crippen LogP contribution in [0.1, 0.15) is 50.5 Å². The summed E-state index contributed by atoms with van der Waals surface area (Å²) < 4.78 is 0. The van der Waals surface area contributed by atoms with Gasteiger partial charge >= 0.3 is 0 Å². The number of halogens is 1. The number of nitrogens with two attached hydrogens (primary N) is 1. The fraction of sp³-hybridized carbons (Fsp3) is 0.632. The number of piperidine rings is 1. The highest BCUT2D eigenvalue weighted by Gasteiger charge is 2.27. The molecule has 1 aromatic carbocycles. The van der Waals surface area contributed by atoms with Crippen LogP contribution >= 0.6 is 11.6 Å². The number of hydrogen-bond acceptors (Lipinski definition) is 3. The van der Waals surface area contributed by atoms with E-state index in [1.807, 2.05) is 18.2 Å². The van der Waals surface area contributed by atoms with Crippen molar-refractivity contribution in [3.63, 3.8) is 0 Å². The molecule has 4 nitrogen and oxygen atoms in total. The first-order chi connectivity index (χ1) is 11.6. The average molecular weight is 350 g/mol. The van der Waals surface area contributed by atoms with Crippen molar-refractivity contribution >= 4 is 23.2 Å². The van der Waals surface area contributed by atoms with E-state index in [-0.39, 0.29) is 11.8 Å².